The summed E-state index contributed by atoms with van der Waals surface area (Å²) in [6.45, 7) is 0.387. The highest BCUT2D eigenvalue weighted by molar-refractivity contribution is 9.10. The molecule has 0 bridgehead atoms. The van der Waals surface area contributed by atoms with Gasteiger partial charge < -0.3 is 5.73 Å². The third-order valence-electron chi connectivity index (χ3n) is 1.70. The van der Waals surface area contributed by atoms with Crippen molar-refractivity contribution in [2.24, 2.45) is 5.73 Å². The molecule has 1 aromatic rings. The van der Waals surface area contributed by atoms with Crippen molar-refractivity contribution in [2.45, 2.75) is 19.0 Å². The van der Waals surface area contributed by atoms with Crippen LogP contribution in [0.4, 0.5) is 4.39 Å². The highest BCUT2D eigenvalue weighted by atomic mass is 79.9. The molecule has 0 aliphatic carbocycles. The summed E-state index contributed by atoms with van der Waals surface area (Å²) in [7, 11) is 0. The Bertz CT molecular complexity index is 250. The summed E-state index contributed by atoms with van der Waals surface area (Å²) < 4.78 is 14.0. The largest absolute Gasteiger partial charge is 0.330 e. The normalized spacial score (nSPS) is 12.8. The van der Waals surface area contributed by atoms with Crippen molar-refractivity contribution in [3.05, 3.63) is 28.5 Å². The van der Waals surface area contributed by atoms with Gasteiger partial charge in [-0.25, -0.2) is 4.39 Å². The van der Waals surface area contributed by atoms with Crippen molar-refractivity contribution in [3.63, 3.8) is 0 Å². The van der Waals surface area contributed by atoms with Gasteiger partial charge in [0.15, 0.2) is 0 Å². The van der Waals surface area contributed by atoms with Crippen LogP contribution in [0.1, 0.15) is 12.1 Å². The summed E-state index contributed by atoms with van der Waals surface area (Å²) in [5.41, 5.74) is 6.01. The maximum atomic E-state index is 13.1. The fourth-order valence-electron chi connectivity index (χ4n) is 1.04. The Labute approximate surface area is 85.5 Å². The Morgan fingerprint density at radius 3 is 2.85 bits per heavy atom. The second-order valence-electron chi connectivity index (χ2n) is 2.85. The fourth-order valence-corrected chi connectivity index (χ4v) is 1.27. The van der Waals surface area contributed by atoms with Crippen LogP contribution in [0, 0.1) is 0 Å². The zero-order chi connectivity index (χ0) is 9.68. The Kier molecular flexibility index (Phi) is 4.32. The lowest BCUT2D eigenvalue weighted by Crippen LogP contribution is -2.12. The average Bonchev–Trinajstić information content (AvgIpc) is 2.09. The standard InChI is InChI=1S/C9H12BrFN2/c10-7-1-2-9(13-6-7)5-8(11)3-4-12/h1-2,6,8H,3-5,12H2. The number of nitrogens with two attached hydrogens (primary N) is 1. The van der Waals surface area contributed by atoms with Gasteiger partial charge in [0, 0.05) is 22.8 Å². The summed E-state index contributed by atoms with van der Waals surface area (Å²) >= 11 is 3.27. The number of alkyl halides is 1. The molecule has 0 saturated heterocycles. The van der Waals surface area contributed by atoms with E-state index in [1.54, 1.807) is 6.20 Å². The first-order valence-corrected chi connectivity index (χ1v) is 4.96. The van der Waals surface area contributed by atoms with E-state index in [0.29, 0.717) is 19.4 Å². The van der Waals surface area contributed by atoms with Gasteiger partial charge in [-0.15, -0.1) is 0 Å². The summed E-state index contributed by atoms with van der Waals surface area (Å²) in [5.74, 6) is 0. The minimum absolute atomic E-state index is 0.352. The second-order valence-corrected chi connectivity index (χ2v) is 3.76. The minimum Gasteiger partial charge on any atom is -0.330 e. The molecule has 1 unspecified atom stereocenters. The lowest BCUT2D eigenvalue weighted by Gasteiger charge is -2.05. The summed E-state index contributed by atoms with van der Waals surface area (Å²) in [6.07, 6.45) is 1.55. The smallest absolute Gasteiger partial charge is 0.107 e. The third-order valence-corrected chi connectivity index (χ3v) is 2.17. The highest BCUT2D eigenvalue weighted by Crippen LogP contribution is 2.10. The van der Waals surface area contributed by atoms with E-state index >= 15 is 0 Å². The lowest BCUT2D eigenvalue weighted by molar-refractivity contribution is 0.314. The van der Waals surface area contributed by atoms with Crippen LogP contribution >= 0.6 is 15.9 Å². The molecule has 0 amide bonds. The third kappa shape index (κ3) is 3.83. The molecule has 1 heterocycles. The summed E-state index contributed by atoms with van der Waals surface area (Å²) in [4.78, 5) is 4.07. The fraction of sp³-hybridized carbons (Fsp3) is 0.444. The van der Waals surface area contributed by atoms with Crippen LogP contribution in [0.2, 0.25) is 0 Å². The Balaban J connectivity index is 2.49. The van der Waals surface area contributed by atoms with Crippen LogP contribution in [0.15, 0.2) is 22.8 Å². The topological polar surface area (TPSA) is 38.9 Å². The van der Waals surface area contributed by atoms with Crippen molar-refractivity contribution in [3.8, 4) is 0 Å². The molecule has 0 aliphatic heterocycles. The molecule has 0 radical (unpaired) electrons. The quantitative estimate of drug-likeness (QED) is 0.884. The maximum absolute atomic E-state index is 13.1. The van der Waals surface area contributed by atoms with E-state index in [-0.39, 0.29) is 0 Å². The van der Waals surface area contributed by atoms with E-state index in [1.165, 1.54) is 0 Å². The van der Waals surface area contributed by atoms with Gasteiger partial charge in [0.05, 0.1) is 0 Å². The van der Waals surface area contributed by atoms with Crippen LogP contribution in [0.5, 0.6) is 0 Å². The van der Waals surface area contributed by atoms with E-state index in [2.05, 4.69) is 20.9 Å². The van der Waals surface area contributed by atoms with Crippen molar-refractivity contribution < 1.29 is 4.39 Å². The number of aromatic nitrogens is 1. The van der Waals surface area contributed by atoms with Crippen molar-refractivity contribution in [1.82, 2.24) is 4.98 Å². The van der Waals surface area contributed by atoms with Gasteiger partial charge in [0.1, 0.15) is 6.17 Å². The molecule has 4 heteroatoms. The van der Waals surface area contributed by atoms with Gasteiger partial charge in [-0.1, -0.05) is 0 Å². The molecule has 0 spiro atoms. The molecule has 0 saturated carbocycles. The van der Waals surface area contributed by atoms with Gasteiger partial charge in [0.2, 0.25) is 0 Å². The SMILES string of the molecule is NCCC(F)Cc1ccc(Br)cn1. The zero-order valence-corrected chi connectivity index (χ0v) is 8.80. The van der Waals surface area contributed by atoms with Gasteiger partial charge in [-0.3, -0.25) is 4.98 Å². The molecule has 0 fully saturated rings. The van der Waals surface area contributed by atoms with E-state index in [1.807, 2.05) is 12.1 Å². The van der Waals surface area contributed by atoms with Crippen LogP contribution in [0.25, 0.3) is 0 Å². The molecule has 1 rings (SSSR count). The first-order chi connectivity index (χ1) is 6.22. The van der Waals surface area contributed by atoms with E-state index in [0.717, 1.165) is 10.2 Å². The molecule has 0 aromatic carbocycles. The molecular formula is C9H12BrFN2. The van der Waals surface area contributed by atoms with Crippen LogP contribution in [-0.4, -0.2) is 17.7 Å². The van der Waals surface area contributed by atoms with Crippen molar-refractivity contribution in [2.75, 3.05) is 6.54 Å². The van der Waals surface area contributed by atoms with Crippen molar-refractivity contribution >= 4 is 15.9 Å². The van der Waals surface area contributed by atoms with E-state index < -0.39 is 6.17 Å². The molecule has 1 atom stereocenters. The number of hydrogen-bond acceptors (Lipinski definition) is 2. The minimum atomic E-state index is -0.876. The first-order valence-electron chi connectivity index (χ1n) is 4.17. The van der Waals surface area contributed by atoms with E-state index in [9.17, 15) is 4.39 Å². The number of halogens is 2. The molecule has 0 aliphatic rings. The number of nitrogens with zero attached hydrogens (tertiary/aromatic N) is 1. The van der Waals surface area contributed by atoms with E-state index in [4.69, 9.17) is 5.73 Å². The molecule has 2 N–H and O–H groups in total. The average molecular weight is 247 g/mol. The van der Waals surface area contributed by atoms with Gasteiger partial charge in [0.25, 0.3) is 0 Å². The number of pyridine rings is 1. The zero-order valence-electron chi connectivity index (χ0n) is 7.21. The summed E-state index contributed by atoms with van der Waals surface area (Å²) in [6, 6.07) is 3.67. The van der Waals surface area contributed by atoms with Crippen LogP contribution in [0.3, 0.4) is 0 Å². The van der Waals surface area contributed by atoms with Gasteiger partial charge in [-0.2, -0.15) is 0 Å². The number of rotatable bonds is 4. The Morgan fingerprint density at radius 2 is 2.31 bits per heavy atom. The molecule has 13 heavy (non-hydrogen) atoms. The Hall–Kier alpha value is -0.480. The van der Waals surface area contributed by atoms with Gasteiger partial charge in [-0.05, 0) is 41.0 Å². The highest BCUT2D eigenvalue weighted by Gasteiger charge is 2.06. The monoisotopic (exact) mass is 246 g/mol. The first kappa shape index (κ1) is 10.6. The Morgan fingerprint density at radius 1 is 1.54 bits per heavy atom. The number of hydrogen-bond donors (Lipinski definition) is 1. The predicted molar refractivity (Wildman–Crippen MR) is 54.2 cm³/mol. The molecule has 72 valence electrons. The van der Waals surface area contributed by atoms with Gasteiger partial charge >= 0.3 is 0 Å². The van der Waals surface area contributed by atoms with Crippen LogP contribution in [-0.2, 0) is 6.42 Å². The summed E-state index contributed by atoms with van der Waals surface area (Å²) in [5, 5.41) is 0. The maximum Gasteiger partial charge on any atom is 0.107 e. The predicted octanol–water partition coefficient (Wildman–Crippen LogP) is 2.07. The van der Waals surface area contributed by atoms with Crippen molar-refractivity contribution in [1.29, 1.82) is 0 Å². The van der Waals surface area contributed by atoms with Crippen LogP contribution < -0.4 is 5.73 Å². The lowest BCUT2D eigenvalue weighted by atomic mass is 10.1. The molecule has 1 aromatic heterocycles. The molecule has 2 nitrogen and oxygen atoms in total. The second kappa shape index (κ2) is 5.29. The molecular weight excluding hydrogens is 235 g/mol.